The Hall–Kier alpha value is -1.42. The summed E-state index contributed by atoms with van der Waals surface area (Å²) in [4.78, 5) is 0. The summed E-state index contributed by atoms with van der Waals surface area (Å²) in [6.07, 6.45) is 0. The molecule has 0 aliphatic rings. The van der Waals surface area contributed by atoms with Gasteiger partial charge in [0.2, 0.25) is 0 Å². The van der Waals surface area contributed by atoms with Crippen LogP contribution in [-0.2, 0) is 16.6 Å². The van der Waals surface area contributed by atoms with Gasteiger partial charge in [0.05, 0.1) is 27.4 Å². The van der Waals surface area contributed by atoms with Gasteiger partial charge in [0.15, 0.2) is 0 Å². The second-order valence-electron chi connectivity index (χ2n) is 5.60. The first-order valence-corrected chi connectivity index (χ1v) is 10.9. The summed E-state index contributed by atoms with van der Waals surface area (Å²) < 4.78 is 43.5. The van der Waals surface area contributed by atoms with Crippen molar-refractivity contribution < 1.29 is 12.8 Å². The lowest BCUT2D eigenvalue weighted by molar-refractivity contribution is 0.603. The van der Waals surface area contributed by atoms with Gasteiger partial charge >= 0.3 is 0 Å². The van der Waals surface area contributed by atoms with Crippen molar-refractivity contribution in [2.45, 2.75) is 24.6 Å². The monoisotopic (exact) mass is 477 g/mol. The van der Waals surface area contributed by atoms with Crippen LogP contribution in [-0.4, -0.2) is 18.2 Å². The van der Waals surface area contributed by atoms with Crippen LogP contribution in [0.4, 0.5) is 10.1 Å². The number of nitrogens with one attached hydrogen (secondary N) is 1. The lowest BCUT2D eigenvalue weighted by atomic mass is 10.2. The minimum Gasteiger partial charge on any atom is -0.275 e. The second kappa shape index (κ2) is 7.30. The van der Waals surface area contributed by atoms with Gasteiger partial charge in [-0.25, -0.2) is 12.8 Å². The van der Waals surface area contributed by atoms with Gasteiger partial charge in [-0.1, -0.05) is 17.7 Å². The van der Waals surface area contributed by atoms with Crippen LogP contribution in [0.3, 0.4) is 0 Å². The maximum absolute atomic E-state index is 13.2. The van der Waals surface area contributed by atoms with Crippen LogP contribution in [0.5, 0.6) is 0 Å². The van der Waals surface area contributed by atoms with Crippen molar-refractivity contribution in [1.29, 1.82) is 0 Å². The number of benzene rings is 1. The van der Waals surface area contributed by atoms with E-state index in [1.807, 2.05) is 0 Å². The van der Waals surface area contributed by atoms with Gasteiger partial charge in [-0.3, -0.25) is 9.40 Å². The molecule has 0 saturated heterocycles. The molecule has 0 spiro atoms. The lowest BCUT2D eigenvalue weighted by Gasteiger charge is -2.09. The summed E-state index contributed by atoms with van der Waals surface area (Å²) in [6.45, 7) is 3.79. The summed E-state index contributed by atoms with van der Waals surface area (Å²) in [5.74, 6) is -0.414. The quantitative estimate of drug-likeness (QED) is 0.563. The Morgan fingerprint density at radius 3 is 2.65 bits per heavy atom. The number of aryl methyl sites for hydroxylation is 1. The smallest absolute Gasteiger partial charge is 0.271 e. The zero-order valence-corrected chi connectivity index (χ0v) is 17.7. The van der Waals surface area contributed by atoms with E-state index in [2.05, 4.69) is 25.8 Å². The number of anilines is 1. The molecule has 0 fully saturated rings. The number of rotatable bonds is 5. The van der Waals surface area contributed by atoms with Gasteiger partial charge in [-0.15, -0.1) is 11.3 Å². The SMILES string of the molecule is Cc1nn(Cc2ccc(F)cc2Cl)c(C)c1NS(=O)(=O)c1ccc(Br)s1. The van der Waals surface area contributed by atoms with Crippen molar-refractivity contribution in [2.75, 3.05) is 4.72 Å². The Morgan fingerprint density at radius 1 is 1.31 bits per heavy atom. The maximum Gasteiger partial charge on any atom is 0.271 e. The van der Waals surface area contributed by atoms with Gasteiger partial charge < -0.3 is 0 Å². The molecule has 1 N–H and O–H groups in total. The van der Waals surface area contributed by atoms with Crippen LogP contribution in [0.25, 0.3) is 0 Å². The van der Waals surface area contributed by atoms with E-state index in [1.54, 1.807) is 30.7 Å². The molecule has 2 heterocycles. The first-order valence-electron chi connectivity index (χ1n) is 7.43. The molecular formula is C16H14BrClFN3O2S2. The van der Waals surface area contributed by atoms with Crippen LogP contribution in [0, 0.1) is 19.7 Å². The molecular weight excluding hydrogens is 465 g/mol. The van der Waals surface area contributed by atoms with Gasteiger partial charge in [-0.2, -0.15) is 5.10 Å². The molecule has 5 nitrogen and oxygen atoms in total. The van der Waals surface area contributed by atoms with E-state index in [-0.39, 0.29) is 4.21 Å². The Bertz CT molecular complexity index is 1080. The molecule has 0 saturated carbocycles. The van der Waals surface area contributed by atoms with Crippen molar-refractivity contribution in [2.24, 2.45) is 0 Å². The Kier molecular flexibility index (Phi) is 5.43. The highest BCUT2D eigenvalue weighted by atomic mass is 79.9. The van der Waals surface area contributed by atoms with Gasteiger partial charge in [0.25, 0.3) is 10.0 Å². The largest absolute Gasteiger partial charge is 0.275 e. The number of thiophene rings is 1. The minimum absolute atomic E-state index is 0.206. The molecule has 0 aliphatic heterocycles. The summed E-state index contributed by atoms with van der Waals surface area (Å²) in [5.41, 5.74) is 2.30. The standard InChI is InChI=1S/C16H14BrClFN3O2S2/c1-9-16(21-26(23,24)15-6-5-14(17)25-15)10(2)22(20-9)8-11-3-4-12(19)7-13(11)18/h3-7,21H,8H2,1-2H3. The third-order valence-electron chi connectivity index (χ3n) is 3.77. The molecule has 3 aromatic rings. The molecule has 2 aromatic heterocycles. The van der Waals surface area contributed by atoms with Crippen LogP contribution < -0.4 is 4.72 Å². The predicted molar refractivity (Wildman–Crippen MR) is 105 cm³/mol. The zero-order valence-electron chi connectivity index (χ0n) is 13.8. The molecule has 0 amide bonds. The van der Waals surface area contributed by atoms with E-state index in [4.69, 9.17) is 11.6 Å². The van der Waals surface area contributed by atoms with Crippen LogP contribution in [0.1, 0.15) is 17.0 Å². The van der Waals surface area contributed by atoms with E-state index in [0.717, 1.165) is 15.1 Å². The minimum atomic E-state index is -3.70. The molecule has 10 heteroatoms. The first kappa shape index (κ1) is 19.3. The molecule has 138 valence electrons. The Balaban J connectivity index is 1.91. The lowest BCUT2D eigenvalue weighted by Crippen LogP contribution is -2.13. The highest BCUT2D eigenvalue weighted by molar-refractivity contribution is 9.11. The number of hydrogen-bond donors (Lipinski definition) is 1. The van der Waals surface area contributed by atoms with E-state index in [9.17, 15) is 12.8 Å². The normalized spacial score (nSPS) is 11.7. The molecule has 0 unspecified atom stereocenters. The molecule has 0 radical (unpaired) electrons. The predicted octanol–water partition coefficient (Wildman–Crippen LogP) is 4.97. The number of halogens is 3. The van der Waals surface area contributed by atoms with Crippen molar-refractivity contribution in [3.63, 3.8) is 0 Å². The molecule has 0 aliphatic carbocycles. The van der Waals surface area contributed by atoms with Gasteiger partial charge in [0.1, 0.15) is 10.0 Å². The highest BCUT2D eigenvalue weighted by Crippen LogP contribution is 2.30. The van der Waals surface area contributed by atoms with E-state index in [1.165, 1.54) is 18.2 Å². The number of aromatic nitrogens is 2. The fourth-order valence-electron chi connectivity index (χ4n) is 2.44. The number of hydrogen-bond acceptors (Lipinski definition) is 4. The summed E-state index contributed by atoms with van der Waals surface area (Å²) in [7, 11) is -3.70. The second-order valence-corrected chi connectivity index (χ2v) is 10.4. The fourth-order valence-corrected chi connectivity index (χ4v) is 5.85. The number of sulfonamides is 1. The molecule has 1 aromatic carbocycles. The maximum atomic E-state index is 13.2. The molecule has 3 rings (SSSR count). The van der Waals surface area contributed by atoms with Crippen molar-refractivity contribution in [3.05, 3.63) is 61.9 Å². The van der Waals surface area contributed by atoms with Crippen LogP contribution >= 0.6 is 38.9 Å². The Labute approximate surface area is 168 Å². The average Bonchev–Trinajstić information content (AvgIpc) is 3.10. The van der Waals surface area contributed by atoms with Gasteiger partial charge in [-0.05, 0) is 59.6 Å². The summed E-state index contributed by atoms with van der Waals surface area (Å²) >= 11 is 10.5. The van der Waals surface area contributed by atoms with Crippen LogP contribution in [0.2, 0.25) is 5.02 Å². The van der Waals surface area contributed by atoms with Crippen molar-refractivity contribution in [1.82, 2.24) is 9.78 Å². The number of nitrogens with zero attached hydrogens (tertiary/aromatic N) is 2. The average molecular weight is 479 g/mol. The highest BCUT2D eigenvalue weighted by Gasteiger charge is 2.21. The first-order chi connectivity index (χ1) is 12.2. The van der Waals surface area contributed by atoms with Gasteiger partial charge in [0, 0.05) is 5.02 Å². The molecule has 0 atom stereocenters. The van der Waals surface area contributed by atoms with E-state index < -0.39 is 15.8 Å². The molecule has 0 bridgehead atoms. The van der Waals surface area contributed by atoms with Crippen molar-refractivity contribution in [3.8, 4) is 0 Å². The van der Waals surface area contributed by atoms with Crippen molar-refractivity contribution >= 4 is 54.6 Å². The summed E-state index contributed by atoms with van der Waals surface area (Å²) in [6, 6.07) is 7.36. The van der Waals surface area contributed by atoms with Crippen LogP contribution in [0.15, 0.2) is 38.3 Å². The third kappa shape index (κ3) is 3.95. The molecule has 26 heavy (non-hydrogen) atoms. The Morgan fingerprint density at radius 2 is 2.04 bits per heavy atom. The summed E-state index contributed by atoms with van der Waals surface area (Å²) in [5, 5.41) is 4.68. The fraction of sp³-hybridized carbons (Fsp3) is 0.188. The third-order valence-corrected chi connectivity index (χ3v) is 7.58. The topological polar surface area (TPSA) is 64.0 Å². The zero-order chi connectivity index (χ0) is 19.1. The van der Waals surface area contributed by atoms with E-state index >= 15 is 0 Å². The van der Waals surface area contributed by atoms with E-state index in [0.29, 0.717) is 34.2 Å².